The molecular formula is C10H19NO2. The Balaban J connectivity index is 2.25. The fourth-order valence-electron chi connectivity index (χ4n) is 1.66. The summed E-state index contributed by atoms with van der Waals surface area (Å²) >= 11 is 0. The number of β-amino-alcohol motifs (C(OH)–C–C–N with tert-alkyl or cyclic N) is 1. The molecule has 0 saturated carbocycles. The minimum Gasteiger partial charge on any atom is -0.391 e. The average Bonchev–Trinajstić information content (AvgIpc) is 2.11. The summed E-state index contributed by atoms with van der Waals surface area (Å²) in [6, 6.07) is 0. The van der Waals surface area contributed by atoms with Gasteiger partial charge in [0.25, 0.3) is 0 Å². The third-order valence-corrected chi connectivity index (χ3v) is 2.51. The lowest BCUT2D eigenvalue weighted by Crippen LogP contribution is -2.42. The van der Waals surface area contributed by atoms with Crippen LogP contribution >= 0.6 is 0 Å². The topological polar surface area (TPSA) is 40.5 Å². The minimum atomic E-state index is -0.292. The van der Waals surface area contributed by atoms with Crippen LogP contribution in [-0.2, 0) is 4.79 Å². The first kappa shape index (κ1) is 10.5. The van der Waals surface area contributed by atoms with Gasteiger partial charge in [0.05, 0.1) is 6.10 Å². The number of nitrogens with zero attached hydrogens (tertiary/aromatic N) is 1. The first-order chi connectivity index (χ1) is 6.24. The predicted molar refractivity (Wildman–Crippen MR) is 51.3 cm³/mol. The Labute approximate surface area is 79.7 Å². The number of unbranched alkanes of at least 4 members (excludes halogenated alkanes) is 2. The molecule has 3 nitrogen and oxygen atoms in total. The third kappa shape index (κ3) is 3.35. The Bertz CT molecular complexity index is 170. The van der Waals surface area contributed by atoms with Crippen LogP contribution in [0.2, 0.25) is 0 Å². The van der Waals surface area contributed by atoms with Crippen LogP contribution in [0.1, 0.15) is 39.0 Å². The lowest BCUT2D eigenvalue weighted by molar-refractivity contribution is -0.136. The normalized spacial score (nSPS) is 23.7. The molecule has 0 radical (unpaired) electrons. The van der Waals surface area contributed by atoms with Gasteiger partial charge >= 0.3 is 0 Å². The number of likely N-dealkylation sites (tertiary alicyclic amines) is 1. The molecule has 0 bridgehead atoms. The van der Waals surface area contributed by atoms with Gasteiger partial charge in [-0.2, -0.15) is 0 Å². The van der Waals surface area contributed by atoms with Crippen LogP contribution in [0.3, 0.4) is 0 Å². The molecule has 1 fully saturated rings. The van der Waals surface area contributed by atoms with Crippen molar-refractivity contribution in [3.63, 3.8) is 0 Å². The van der Waals surface area contributed by atoms with E-state index in [1.54, 1.807) is 4.90 Å². The molecule has 1 unspecified atom stereocenters. The summed E-state index contributed by atoms with van der Waals surface area (Å²) in [5.74, 6) is 0.210. The number of rotatable bonds is 4. The molecule has 1 aliphatic rings. The standard InChI is InChI=1S/C10H19NO2/c1-2-3-4-7-11-8-9(12)5-6-10(11)13/h9,12H,2-8H2,1H3. The van der Waals surface area contributed by atoms with E-state index in [0.29, 0.717) is 19.4 Å². The van der Waals surface area contributed by atoms with E-state index in [-0.39, 0.29) is 12.0 Å². The summed E-state index contributed by atoms with van der Waals surface area (Å²) in [6.45, 7) is 3.51. The van der Waals surface area contributed by atoms with Gasteiger partial charge in [-0.25, -0.2) is 0 Å². The summed E-state index contributed by atoms with van der Waals surface area (Å²) in [4.78, 5) is 13.1. The predicted octanol–water partition coefficient (Wildman–Crippen LogP) is 1.16. The molecule has 1 rings (SSSR count). The number of aliphatic hydroxyl groups excluding tert-OH is 1. The molecule has 0 spiro atoms. The van der Waals surface area contributed by atoms with Crippen LogP contribution in [0.4, 0.5) is 0 Å². The highest BCUT2D eigenvalue weighted by Crippen LogP contribution is 2.12. The minimum absolute atomic E-state index is 0.210. The van der Waals surface area contributed by atoms with Gasteiger partial charge in [0.2, 0.25) is 5.91 Å². The molecule has 1 aliphatic heterocycles. The van der Waals surface area contributed by atoms with Crippen LogP contribution in [0.15, 0.2) is 0 Å². The smallest absolute Gasteiger partial charge is 0.222 e. The molecule has 1 amide bonds. The van der Waals surface area contributed by atoms with Crippen LogP contribution in [-0.4, -0.2) is 35.1 Å². The Morgan fingerprint density at radius 3 is 3.00 bits per heavy atom. The summed E-state index contributed by atoms with van der Waals surface area (Å²) < 4.78 is 0. The van der Waals surface area contributed by atoms with Gasteiger partial charge in [-0.15, -0.1) is 0 Å². The fraction of sp³-hybridized carbons (Fsp3) is 0.900. The van der Waals surface area contributed by atoms with Crippen molar-refractivity contribution in [2.24, 2.45) is 0 Å². The summed E-state index contributed by atoms with van der Waals surface area (Å²) in [5, 5.41) is 9.36. The number of hydrogen-bond acceptors (Lipinski definition) is 2. The molecule has 0 aromatic rings. The largest absolute Gasteiger partial charge is 0.391 e. The number of carbonyl (C=O) groups excluding carboxylic acids is 1. The van der Waals surface area contributed by atoms with Gasteiger partial charge in [0.1, 0.15) is 0 Å². The molecule has 0 aromatic carbocycles. The second kappa shape index (κ2) is 5.22. The maximum absolute atomic E-state index is 11.3. The molecule has 76 valence electrons. The van der Waals surface area contributed by atoms with Crippen LogP contribution < -0.4 is 0 Å². The maximum atomic E-state index is 11.3. The summed E-state index contributed by atoms with van der Waals surface area (Å²) in [6.07, 6.45) is 4.27. The third-order valence-electron chi connectivity index (χ3n) is 2.51. The van der Waals surface area contributed by atoms with E-state index in [2.05, 4.69) is 6.92 Å². The highest BCUT2D eigenvalue weighted by Gasteiger charge is 2.22. The first-order valence-corrected chi connectivity index (χ1v) is 5.20. The summed E-state index contributed by atoms with van der Waals surface area (Å²) in [7, 11) is 0. The lowest BCUT2D eigenvalue weighted by atomic mass is 10.1. The van der Waals surface area contributed by atoms with E-state index >= 15 is 0 Å². The van der Waals surface area contributed by atoms with Crippen LogP contribution in [0.5, 0.6) is 0 Å². The summed E-state index contributed by atoms with van der Waals surface area (Å²) in [5.41, 5.74) is 0. The quantitative estimate of drug-likeness (QED) is 0.668. The van der Waals surface area contributed by atoms with Crippen molar-refractivity contribution in [1.82, 2.24) is 4.90 Å². The van der Waals surface area contributed by atoms with Crippen LogP contribution in [0, 0.1) is 0 Å². The van der Waals surface area contributed by atoms with Crippen LogP contribution in [0.25, 0.3) is 0 Å². The number of aliphatic hydroxyl groups is 1. The van der Waals surface area contributed by atoms with Gasteiger partial charge in [0, 0.05) is 19.5 Å². The van der Waals surface area contributed by atoms with Crippen molar-refractivity contribution >= 4 is 5.91 Å². The average molecular weight is 185 g/mol. The van der Waals surface area contributed by atoms with E-state index in [0.717, 1.165) is 13.0 Å². The number of carbonyl (C=O) groups is 1. The second-order valence-electron chi connectivity index (χ2n) is 3.74. The molecule has 1 N–H and O–H groups in total. The zero-order valence-corrected chi connectivity index (χ0v) is 8.33. The number of hydrogen-bond donors (Lipinski definition) is 1. The lowest BCUT2D eigenvalue weighted by Gasteiger charge is -2.29. The van der Waals surface area contributed by atoms with Gasteiger partial charge in [-0.3, -0.25) is 4.79 Å². The van der Waals surface area contributed by atoms with Crippen molar-refractivity contribution in [2.45, 2.75) is 45.1 Å². The van der Waals surface area contributed by atoms with Gasteiger partial charge in [-0.05, 0) is 12.8 Å². The number of piperidine rings is 1. The Morgan fingerprint density at radius 1 is 1.54 bits per heavy atom. The Kier molecular flexibility index (Phi) is 4.22. The maximum Gasteiger partial charge on any atom is 0.222 e. The highest BCUT2D eigenvalue weighted by molar-refractivity contribution is 5.77. The molecule has 1 saturated heterocycles. The molecule has 1 atom stereocenters. The Morgan fingerprint density at radius 2 is 2.31 bits per heavy atom. The molecule has 1 heterocycles. The molecule has 0 aromatic heterocycles. The SMILES string of the molecule is CCCCCN1CC(O)CCC1=O. The monoisotopic (exact) mass is 185 g/mol. The van der Waals surface area contributed by atoms with E-state index in [9.17, 15) is 9.90 Å². The van der Waals surface area contributed by atoms with Crippen molar-refractivity contribution in [3.05, 3.63) is 0 Å². The highest BCUT2D eigenvalue weighted by atomic mass is 16.3. The van der Waals surface area contributed by atoms with E-state index in [1.807, 2.05) is 0 Å². The van der Waals surface area contributed by atoms with Crippen molar-refractivity contribution in [1.29, 1.82) is 0 Å². The fourth-order valence-corrected chi connectivity index (χ4v) is 1.66. The Hall–Kier alpha value is -0.570. The van der Waals surface area contributed by atoms with Gasteiger partial charge < -0.3 is 10.0 Å². The molecular weight excluding hydrogens is 166 g/mol. The van der Waals surface area contributed by atoms with Crippen molar-refractivity contribution in [3.8, 4) is 0 Å². The van der Waals surface area contributed by atoms with Crippen molar-refractivity contribution in [2.75, 3.05) is 13.1 Å². The van der Waals surface area contributed by atoms with E-state index in [4.69, 9.17) is 0 Å². The molecule has 3 heteroatoms. The molecule has 13 heavy (non-hydrogen) atoms. The van der Waals surface area contributed by atoms with E-state index in [1.165, 1.54) is 12.8 Å². The zero-order valence-electron chi connectivity index (χ0n) is 8.33. The van der Waals surface area contributed by atoms with E-state index < -0.39 is 0 Å². The van der Waals surface area contributed by atoms with Gasteiger partial charge in [-0.1, -0.05) is 19.8 Å². The van der Waals surface area contributed by atoms with Crippen molar-refractivity contribution < 1.29 is 9.90 Å². The van der Waals surface area contributed by atoms with Gasteiger partial charge in [0.15, 0.2) is 0 Å². The second-order valence-corrected chi connectivity index (χ2v) is 3.74. The zero-order chi connectivity index (χ0) is 9.68. The number of amides is 1. The molecule has 0 aliphatic carbocycles. The first-order valence-electron chi connectivity index (χ1n) is 5.20.